The van der Waals surface area contributed by atoms with Crippen LogP contribution in [0.1, 0.15) is 44.6 Å². The molecular formula is C16H23N3O2. The first kappa shape index (κ1) is 15.5. The number of carbonyl (C=O) groups is 2. The zero-order chi connectivity index (χ0) is 15.1. The Kier molecular flexibility index (Phi) is 5.72. The van der Waals surface area contributed by atoms with Crippen molar-refractivity contribution in [2.45, 2.75) is 51.6 Å². The second-order valence-corrected chi connectivity index (χ2v) is 5.57. The van der Waals surface area contributed by atoms with Crippen LogP contribution in [0.25, 0.3) is 0 Å². The van der Waals surface area contributed by atoms with Gasteiger partial charge in [-0.2, -0.15) is 0 Å². The monoisotopic (exact) mass is 289 g/mol. The fraction of sp³-hybridized carbons (Fsp3) is 0.562. The molecule has 0 saturated heterocycles. The first-order chi connectivity index (χ1) is 10.2. The summed E-state index contributed by atoms with van der Waals surface area (Å²) in [6, 6.07) is 3.96. The minimum atomic E-state index is -0.104. The van der Waals surface area contributed by atoms with Gasteiger partial charge in [-0.3, -0.25) is 14.6 Å². The first-order valence-electron chi connectivity index (χ1n) is 7.59. The summed E-state index contributed by atoms with van der Waals surface area (Å²) in [5, 5.41) is 2.86. The Morgan fingerprint density at radius 2 is 1.90 bits per heavy atom. The van der Waals surface area contributed by atoms with E-state index in [-0.39, 0.29) is 24.4 Å². The van der Waals surface area contributed by atoms with Gasteiger partial charge in [0.25, 0.3) is 0 Å². The summed E-state index contributed by atoms with van der Waals surface area (Å²) in [7, 11) is 0. The van der Waals surface area contributed by atoms with E-state index in [0.717, 1.165) is 31.2 Å². The smallest absolute Gasteiger partial charge is 0.239 e. The van der Waals surface area contributed by atoms with Crippen molar-refractivity contribution in [2.24, 2.45) is 0 Å². The Hall–Kier alpha value is -1.91. The van der Waals surface area contributed by atoms with E-state index in [4.69, 9.17) is 0 Å². The summed E-state index contributed by atoms with van der Waals surface area (Å²) in [5.41, 5.74) is 1.00. The number of rotatable bonds is 5. The number of nitrogens with one attached hydrogen (secondary N) is 1. The maximum atomic E-state index is 12.1. The van der Waals surface area contributed by atoms with Gasteiger partial charge in [0.05, 0.1) is 6.54 Å². The third-order valence-corrected chi connectivity index (χ3v) is 3.97. The normalized spacial score (nSPS) is 15.5. The standard InChI is InChI=1S/C16H23N3O2/c1-13(20)19(15-5-3-2-4-6-15)12-16(21)18-11-14-7-9-17-10-8-14/h7-10,15H,2-6,11-12H2,1H3,(H,18,21). The first-order valence-corrected chi connectivity index (χ1v) is 7.59. The van der Waals surface area contributed by atoms with Crippen molar-refractivity contribution in [1.82, 2.24) is 15.2 Å². The topological polar surface area (TPSA) is 62.3 Å². The van der Waals surface area contributed by atoms with E-state index in [9.17, 15) is 9.59 Å². The predicted molar refractivity (Wildman–Crippen MR) is 80.3 cm³/mol. The lowest BCUT2D eigenvalue weighted by atomic mass is 9.94. The van der Waals surface area contributed by atoms with Gasteiger partial charge in [-0.05, 0) is 30.5 Å². The highest BCUT2D eigenvalue weighted by molar-refractivity contribution is 5.83. The van der Waals surface area contributed by atoms with E-state index >= 15 is 0 Å². The molecule has 1 aliphatic rings. The summed E-state index contributed by atoms with van der Waals surface area (Å²) >= 11 is 0. The Morgan fingerprint density at radius 3 is 2.52 bits per heavy atom. The van der Waals surface area contributed by atoms with Gasteiger partial charge in [0.2, 0.25) is 11.8 Å². The molecule has 2 amide bonds. The lowest BCUT2D eigenvalue weighted by Crippen LogP contribution is -2.46. The molecule has 0 aliphatic heterocycles. The van der Waals surface area contributed by atoms with Crippen molar-refractivity contribution in [1.29, 1.82) is 0 Å². The number of hydrogen-bond donors (Lipinski definition) is 1. The largest absolute Gasteiger partial charge is 0.350 e. The molecule has 0 spiro atoms. The summed E-state index contributed by atoms with van der Waals surface area (Å²) < 4.78 is 0. The quantitative estimate of drug-likeness (QED) is 0.900. The molecule has 1 aromatic heterocycles. The summed E-state index contributed by atoms with van der Waals surface area (Å²) in [6.45, 7) is 2.17. The van der Waals surface area contributed by atoms with Gasteiger partial charge >= 0.3 is 0 Å². The Morgan fingerprint density at radius 1 is 1.24 bits per heavy atom. The van der Waals surface area contributed by atoms with Gasteiger partial charge in [0, 0.05) is 31.9 Å². The summed E-state index contributed by atoms with van der Waals surface area (Å²) in [6.07, 6.45) is 8.95. The molecule has 1 aromatic rings. The van der Waals surface area contributed by atoms with Crippen molar-refractivity contribution in [3.05, 3.63) is 30.1 Å². The lowest BCUT2D eigenvalue weighted by Gasteiger charge is -2.33. The number of hydrogen-bond acceptors (Lipinski definition) is 3. The van der Waals surface area contributed by atoms with Crippen molar-refractivity contribution in [3.8, 4) is 0 Å². The van der Waals surface area contributed by atoms with E-state index in [0.29, 0.717) is 6.54 Å². The highest BCUT2D eigenvalue weighted by Gasteiger charge is 2.24. The molecule has 2 rings (SSSR count). The van der Waals surface area contributed by atoms with E-state index in [2.05, 4.69) is 10.3 Å². The highest BCUT2D eigenvalue weighted by Crippen LogP contribution is 2.22. The van der Waals surface area contributed by atoms with E-state index in [1.165, 1.54) is 6.42 Å². The minimum absolute atomic E-state index is 0.0130. The maximum Gasteiger partial charge on any atom is 0.239 e. The van der Waals surface area contributed by atoms with Crippen molar-refractivity contribution in [2.75, 3.05) is 6.54 Å². The average Bonchev–Trinajstić information content (AvgIpc) is 2.52. The molecule has 5 nitrogen and oxygen atoms in total. The molecule has 1 N–H and O–H groups in total. The third kappa shape index (κ3) is 4.85. The second kappa shape index (κ2) is 7.76. The molecule has 1 heterocycles. The molecule has 1 saturated carbocycles. The predicted octanol–water partition coefficient (Wildman–Crippen LogP) is 1.88. The van der Waals surface area contributed by atoms with Crippen molar-refractivity contribution in [3.63, 3.8) is 0 Å². The zero-order valence-electron chi connectivity index (χ0n) is 12.5. The van der Waals surface area contributed by atoms with Gasteiger partial charge in [0.1, 0.15) is 0 Å². The minimum Gasteiger partial charge on any atom is -0.350 e. The van der Waals surface area contributed by atoms with Crippen LogP contribution < -0.4 is 5.32 Å². The van der Waals surface area contributed by atoms with E-state index in [1.807, 2.05) is 12.1 Å². The number of nitrogens with zero attached hydrogens (tertiary/aromatic N) is 2. The number of amides is 2. The van der Waals surface area contributed by atoms with Crippen LogP contribution in [-0.4, -0.2) is 34.3 Å². The number of aromatic nitrogens is 1. The van der Waals surface area contributed by atoms with Crippen LogP contribution in [0.5, 0.6) is 0 Å². The molecule has 0 radical (unpaired) electrons. The fourth-order valence-electron chi connectivity index (χ4n) is 2.80. The molecule has 114 valence electrons. The molecule has 0 unspecified atom stereocenters. The number of carbonyl (C=O) groups excluding carboxylic acids is 2. The highest BCUT2D eigenvalue weighted by atomic mass is 16.2. The van der Waals surface area contributed by atoms with Crippen LogP contribution in [-0.2, 0) is 16.1 Å². The van der Waals surface area contributed by atoms with Crippen LogP contribution in [0.3, 0.4) is 0 Å². The number of pyridine rings is 1. The molecule has 1 fully saturated rings. The fourth-order valence-corrected chi connectivity index (χ4v) is 2.80. The molecule has 5 heteroatoms. The Balaban J connectivity index is 1.84. The molecule has 0 bridgehead atoms. The molecule has 1 aliphatic carbocycles. The molecular weight excluding hydrogens is 266 g/mol. The van der Waals surface area contributed by atoms with E-state index in [1.54, 1.807) is 24.2 Å². The molecule has 21 heavy (non-hydrogen) atoms. The van der Waals surface area contributed by atoms with Crippen molar-refractivity contribution < 1.29 is 9.59 Å². The SMILES string of the molecule is CC(=O)N(CC(=O)NCc1ccncc1)C1CCCCC1. The molecule has 0 aromatic carbocycles. The van der Waals surface area contributed by atoms with Gasteiger partial charge in [0.15, 0.2) is 0 Å². The Labute approximate surface area is 125 Å². The van der Waals surface area contributed by atoms with Crippen LogP contribution in [0, 0.1) is 0 Å². The van der Waals surface area contributed by atoms with Gasteiger partial charge in [-0.15, -0.1) is 0 Å². The van der Waals surface area contributed by atoms with Crippen molar-refractivity contribution >= 4 is 11.8 Å². The maximum absolute atomic E-state index is 12.1. The lowest BCUT2D eigenvalue weighted by molar-refractivity contribution is -0.137. The van der Waals surface area contributed by atoms with Gasteiger partial charge in [-0.1, -0.05) is 19.3 Å². The zero-order valence-corrected chi connectivity index (χ0v) is 12.5. The summed E-state index contributed by atoms with van der Waals surface area (Å²) in [5.74, 6) is -0.117. The third-order valence-electron chi connectivity index (χ3n) is 3.97. The second-order valence-electron chi connectivity index (χ2n) is 5.57. The Bertz CT molecular complexity index is 470. The van der Waals surface area contributed by atoms with Crippen LogP contribution in [0.2, 0.25) is 0 Å². The van der Waals surface area contributed by atoms with E-state index < -0.39 is 0 Å². The summed E-state index contributed by atoms with van der Waals surface area (Å²) in [4.78, 5) is 29.5. The van der Waals surface area contributed by atoms with Crippen LogP contribution in [0.15, 0.2) is 24.5 Å². The van der Waals surface area contributed by atoms with Gasteiger partial charge in [-0.25, -0.2) is 0 Å². The van der Waals surface area contributed by atoms with Crippen LogP contribution >= 0.6 is 0 Å². The molecule has 0 atom stereocenters. The van der Waals surface area contributed by atoms with Crippen LogP contribution in [0.4, 0.5) is 0 Å². The average molecular weight is 289 g/mol. The van der Waals surface area contributed by atoms with Gasteiger partial charge < -0.3 is 10.2 Å².